The summed E-state index contributed by atoms with van der Waals surface area (Å²) >= 11 is 0. The molecule has 0 spiro atoms. The summed E-state index contributed by atoms with van der Waals surface area (Å²) in [6, 6.07) is 2.99. The van der Waals surface area contributed by atoms with Gasteiger partial charge in [-0.05, 0) is 24.5 Å². The Bertz CT molecular complexity index is 421. The highest BCUT2D eigenvalue weighted by Crippen LogP contribution is 2.13. The number of rotatable bonds is 7. The molecule has 1 amide bonds. The highest BCUT2D eigenvalue weighted by Gasteiger charge is 2.14. The maximum absolute atomic E-state index is 13.4. The summed E-state index contributed by atoms with van der Waals surface area (Å²) in [6.45, 7) is 4.73. The van der Waals surface area contributed by atoms with Crippen molar-refractivity contribution >= 4 is 5.91 Å². The van der Waals surface area contributed by atoms with Crippen molar-refractivity contribution in [2.45, 2.75) is 39.5 Å². The zero-order valence-corrected chi connectivity index (χ0v) is 11.5. The average molecular weight is 269 g/mol. The van der Waals surface area contributed by atoms with Crippen molar-refractivity contribution in [3.05, 3.63) is 35.4 Å². The van der Waals surface area contributed by atoms with Gasteiger partial charge in [-0.25, -0.2) is 8.78 Å². The van der Waals surface area contributed by atoms with Gasteiger partial charge in [-0.2, -0.15) is 0 Å². The second-order valence-electron chi connectivity index (χ2n) is 4.75. The second kappa shape index (κ2) is 7.87. The van der Waals surface area contributed by atoms with E-state index in [-0.39, 0.29) is 5.56 Å². The van der Waals surface area contributed by atoms with Crippen LogP contribution >= 0.6 is 0 Å². The van der Waals surface area contributed by atoms with Crippen LogP contribution in [-0.2, 0) is 0 Å². The molecule has 1 N–H and O–H groups in total. The molecule has 106 valence electrons. The third-order valence-corrected chi connectivity index (χ3v) is 3.27. The Morgan fingerprint density at radius 1 is 1.32 bits per heavy atom. The van der Waals surface area contributed by atoms with Gasteiger partial charge in [0.1, 0.15) is 11.6 Å². The number of hydrogen-bond donors (Lipinski definition) is 1. The molecule has 0 fully saturated rings. The molecule has 1 rings (SSSR count). The van der Waals surface area contributed by atoms with Gasteiger partial charge in [0.25, 0.3) is 5.91 Å². The molecule has 0 aliphatic rings. The highest BCUT2D eigenvalue weighted by molar-refractivity contribution is 5.94. The van der Waals surface area contributed by atoms with E-state index in [0.29, 0.717) is 12.5 Å². The molecule has 0 aromatic heterocycles. The Morgan fingerprint density at radius 3 is 2.63 bits per heavy atom. The molecular formula is C15H21F2NO. The number of benzene rings is 1. The van der Waals surface area contributed by atoms with E-state index in [4.69, 9.17) is 0 Å². The summed E-state index contributed by atoms with van der Waals surface area (Å²) in [5.41, 5.74) is -0.105. The number of carbonyl (C=O) groups is 1. The molecular weight excluding hydrogens is 248 g/mol. The van der Waals surface area contributed by atoms with Gasteiger partial charge in [-0.3, -0.25) is 4.79 Å². The minimum absolute atomic E-state index is 0.105. The number of unbranched alkanes of at least 4 members (excludes halogenated alkanes) is 1. The van der Waals surface area contributed by atoms with Crippen LogP contribution in [-0.4, -0.2) is 12.5 Å². The number of amides is 1. The molecule has 0 saturated heterocycles. The van der Waals surface area contributed by atoms with Crippen molar-refractivity contribution in [3.8, 4) is 0 Å². The van der Waals surface area contributed by atoms with Crippen LogP contribution in [0.5, 0.6) is 0 Å². The highest BCUT2D eigenvalue weighted by atomic mass is 19.1. The van der Waals surface area contributed by atoms with E-state index < -0.39 is 17.5 Å². The number of halogens is 2. The van der Waals surface area contributed by atoms with Gasteiger partial charge in [0.15, 0.2) is 0 Å². The van der Waals surface area contributed by atoms with Crippen LogP contribution in [0.1, 0.15) is 49.9 Å². The molecule has 0 saturated carbocycles. The van der Waals surface area contributed by atoms with E-state index >= 15 is 0 Å². The minimum atomic E-state index is -0.820. The molecule has 19 heavy (non-hydrogen) atoms. The summed E-state index contributed by atoms with van der Waals surface area (Å²) in [5, 5.41) is 2.72. The molecule has 0 bridgehead atoms. The fraction of sp³-hybridized carbons (Fsp3) is 0.533. The third-order valence-electron chi connectivity index (χ3n) is 3.27. The Hall–Kier alpha value is -1.45. The topological polar surface area (TPSA) is 29.1 Å². The lowest BCUT2D eigenvalue weighted by atomic mass is 9.99. The van der Waals surface area contributed by atoms with E-state index in [0.717, 1.165) is 37.8 Å². The normalized spacial score (nSPS) is 12.2. The first-order chi connectivity index (χ1) is 9.08. The first-order valence-corrected chi connectivity index (χ1v) is 6.81. The summed E-state index contributed by atoms with van der Waals surface area (Å²) < 4.78 is 26.2. The predicted octanol–water partition coefficient (Wildman–Crippen LogP) is 3.91. The summed E-state index contributed by atoms with van der Waals surface area (Å²) in [4.78, 5) is 11.8. The maximum atomic E-state index is 13.4. The van der Waals surface area contributed by atoms with Gasteiger partial charge in [0.2, 0.25) is 0 Å². The number of hydrogen-bond acceptors (Lipinski definition) is 1. The van der Waals surface area contributed by atoms with Crippen molar-refractivity contribution in [1.29, 1.82) is 0 Å². The van der Waals surface area contributed by atoms with Gasteiger partial charge in [-0.15, -0.1) is 0 Å². The summed E-state index contributed by atoms with van der Waals surface area (Å²) in [7, 11) is 0. The van der Waals surface area contributed by atoms with E-state index in [1.807, 2.05) is 0 Å². The fourth-order valence-corrected chi connectivity index (χ4v) is 1.95. The lowest BCUT2D eigenvalue weighted by Crippen LogP contribution is -2.29. The van der Waals surface area contributed by atoms with Gasteiger partial charge in [-0.1, -0.05) is 33.1 Å². The largest absolute Gasteiger partial charge is 0.352 e. The van der Waals surface area contributed by atoms with Crippen molar-refractivity contribution in [2.24, 2.45) is 5.92 Å². The number of nitrogens with one attached hydrogen (secondary N) is 1. The third kappa shape index (κ3) is 4.97. The quantitative estimate of drug-likeness (QED) is 0.799. The Balaban J connectivity index is 2.54. The fourth-order valence-electron chi connectivity index (χ4n) is 1.95. The van der Waals surface area contributed by atoms with E-state index in [2.05, 4.69) is 19.2 Å². The SMILES string of the molecule is CCCC[C@@H](CC)CNC(=O)c1ccc(F)cc1F. The van der Waals surface area contributed by atoms with Crippen LogP contribution in [0.4, 0.5) is 8.78 Å². The molecule has 0 heterocycles. The van der Waals surface area contributed by atoms with E-state index in [1.54, 1.807) is 0 Å². The van der Waals surface area contributed by atoms with Crippen LogP contribution in [0.3, 0.4) is 0 Å². The smallest absolute Gasteiger partial charge is 0.254 e. The standard InChI is InChI=1S/C15H21F2NO/c1-3-5-6-11(4-2)10-18-15(19)13-8-7-12(16)9-14(13)17/h7-9,11H,3-6,10H2,1-2H3,(H,18,19)/t11-/m1/s1. The van der Waals surface area contributed by atoms with Crippen molar-refractivity contribution in [3.63, 3.8) is 0 Å². The zero-order chi connectivity index (χ0) is 14.3. The molecule has 0 radical (unpaired) electrons. The van der Waals surface area contributed by atoms with E-state index in [9.17, 15) is 13.6 Å². The lowest BCUT2D eigenvalue weighted by molar-refractivity contribution is 0.0941. The second-order valence-corrected chi connectivity index (χ2v) is 4.75. The van der Waals surface area contributed by atoms with Crippen molar-refractivity contribution < 1.29 is 13.6 Å². The molecule has 0 aliphatic heterocycles. The molecule has 1 aromatic carbocycles. The van der Waals surface area contributed by atoms with Crippen LogP contribution in [0, 0.1) is 17.6 Å². The van der Waals surface area contributed by atoms with Crippen LogP contribution < -0.4 is 5.32 Å². The zero-order valence-electron chi connectivity index (χ0n) is 11.5. The first kappa shape index (κ1) is 15.6. The van der Waals surface area contributed by atoms with E-state index in [1.165, 1.54) is 6.07 Å². The van der Waals surface area contributed by atoms with Crippen LogP contribution in [0.15, 0.2) is 18.2 Å². The molecule has 1 atom stereocenters. The van der Waals surface area contributed by atoms with Crippen LogP contribution in [0.2, 0.25) is 0 Å². The molecule has 0 aliphatic carbocycles. The molecule has 1 aromatic rings. The van der Waals surface area contributed by atoms with Gasteiger partial charge in [0.05, 0.1) is 5.56 Å². The maximum Gasteiger partial charge on any atom is 0.254 e. The molecule has 0 unspecified atom stereocenters. The first-order valence-electron chi connectivity index (χ1n) is 6.81. The Kier molecular flexibility index (Phi) is 6.46. The van der Waals surface area contributed by atoms with Gasteiger partial charge in [0, 0.05) is 12.6 Å². The predicted molar refractivity (Wildman–Crippen MR) is 72.0 cm³/mol. The van der Waals surface area contributed by atoms with Crippen LogP contribution in [0.25, 0.3) is 0 Å². The van der Waals surface area contributed by atoms with Crippen molar-refractivity contribution in [1.82, 2.24) is 5.32 Å². The van der Waals surface area contributed by atoms with Gasteiger partial charge < -0.3 is 5.32 Å². The monoisotopic (exact) mass is 269 g/mol. The Morgan fingerprint density at radius 2 is 2.05 bits per heavy atom. The lowest BCUT2D eigenvalue weighted by Gasteiger charge is -2.15. The summed E-state index contributed by atoms with van der Waals surface area (Å²) in [6.07, 6.45) is 4.28. The number of carbonyl (C=O) groups excluding carboxylic acids is 1. The minimum Gasteiger partial charge on any atom is -0.352 e. The molecule has 4 heteroatoms. The summed E-state index contributed by atoms with van der Waals surface area (Å²) in [5.74, 6) is -1.57. The van der Waals surface area contributed by atoms with Crippen molar-refractivity contribution in [2.75, 3.05) is 6.54 Å². The van der Waals surface area contributed by atoms with Gasteiger partial charge >= 0.3 is 0 Å². The molecule has 2 nitrogen and oxygen atoms in total. The average Bonchev–Trinajstić information content (AvgIpc) is 2.38. The Labute approximate surface area is 113 Å².